The third kappa shape index (κ3) is 2.07. The molecule has 0 amide bonds. The number of hydrogen-bond acceptors (Lipinski definition) is 4. The molecule has 3 N–H and O–H groups in total. The Labute approximate surface area is 86.9 Å². The average Bonchev–Trinajstić information content (AvgIpc) is 2.42. The number of nitriles is 1. The zero-order valence-corrected chi connectivity index (χ0v) is 8.56. The molecule has 0 aliphatic heterocycles. The van der Waals surface area contributed by atoms with E-state index in [0.29, 0.717) is 5.69 Å². The monoisotopic (exact) mass is 208 g/mol. The molecule has 0 saturated heterocycles. The Morgan fingerprint density at radius 2 is 2.40 bits per heavy atom. The third-order valence-corrected chi connectivity index (χ3v) is 2.20. The van der Waals surface area contributed by atoms with E-state index in [1.807, 2.05) is 6.07 Å². The van der Waals surface area contributed by atoms with Gasteiger partial charge in [-0.25, -0.2) is 0 Å². The van der Waals surface area contributed by atoms with Crippen LogP contribution in [0.1, 0.15) is 18.2 Å². The fourth-order valence-corrected chi connectivity index (χ4v) is 1.24. The SMILES string of the molecule is CC(Cc1nn(C)c(N)c1C#N)C(=O)O. The van der Waals surface area contributed by atoms with E-state index < -0.39 is 11.9 Å². The maximum Gasteiger partial charge on any atom is 0.306 e. The number of carboxylic acid groups (broad SMARTS) is 1. The van der Waals surface area contributed by atoms with Crippen LogP contribution in [0.2, 0.25) is 0 Å². The fourth-order valence-electron chi connectivity index (χ4n) is 1.24. The van der Waals surface area contributed by atoms with Gasteiger partial charge in [0.2, 0.25) is 0 Å². The molecule has 0 fully saturated rings. The van der Waals surface area contributed by atoms with Crippen molar-refractivity contribution in [3.63, 3.8) is 0 Å². The van der Waals surface area contributed by atoms with Gasteiger partial charge in [0, 0.05) is 13.5 Å². The Hall–Kier alpha value is -2.03. The highest BCUT2D eigenvalue weighted by molar-refractivity contribution is 5.70. The summed E-state index contributed by atoms with van der Waals surface area (Å²) >= 11 is 0. The number of carboxylic acids is 1. The number of aliphatic carboxylic acids is 1. The largest absolute Gasteiger partial charge is 0.481 e. The van der Waals surface area contributed by atoms with Crippen LogP contribution in [0, 0.1) is 17.2 Å². The molecule has 1 aromatic heterocycles. The lowest BCUT2D eigenvalue weighted by atomic mass is 10.0. The number of nitrogen functional groups attached to an aromatic ring is 1. The van der Waals surface area contributed by atoms with Gasteiger partial charge < -0.3 is 10.8 Å². The molecule has 0 spiro atoms. The van der Waals surface area contributed by atoms with Gasteiger partial charge in [-0.2, -0.15) is 10.4 Å². The quantitative estimate of drug-likeness (QED) is 0.734. The van der Waals surface area contributed by atoms with E-state index in [2.05, 4.69) is 5.10 Å². The number of anilines is 1. The van der Waals surface area contributed by atoms with Crippen molar-refractivity contribution in [1.82, 2.24) is 9.78 Å². The van der Waals surface area contributed by atoms with Gasteiger partial charge in [0.15, 0.2) is 0 Å². The normalized spacial score (nSPS) is 12.1. The number of aryl methyl sites for hydroxylation is 1. The molecule has 6 nitrogen and oxygen atoms in total. The molecule has 80 valence electrons. The average molecular weight is 208 g/mol. The highest BCUT2D eigenvalue weighted by Gasteiger charge is 2.19. The molecule has 0 aromatic carbocycles. The van der Waals surface area contributed by atoms with Gasteiger partial charge >= 0.3 is 5.97 Å². The van der Waals surface area contributed by atoms with Crippen LogP contribution >= 0.6 is 0 Å². The minimum Gasteiger partial charge on any atom is -0.481 e. The van der Waals surface area contributed by atoms with E-state index in [0.717, 1.165) is 0 Å². The Balaban J connectivity index is 3.01. The fraction of sp³-hybridized carbons (Fsp3) is 0.444. The maximum absolute atomic E-state index is 10.6. The molecule has 0 aliphatic carbocycles. The molecule has 1 heterocycles. The summed E-state index contributed by atoms with van der Waals surface area (Å²) in [5.41, 5.74) is 6.30. The first-order chi connectivity index (χ1) is 6.97. The van der Waals surface area contributed by atoms with E-state index in [1.54, 1.807) is 14.0 Å². The summed E-state index contributed by atoms with van der Waals surface area (Å²) in [4.78, 5) is 10.6. The second-order valence-electron chi connectivity index (χ2n) is 3.39. The van der Waals surface area contributed by atoms with Gasteiger partial charge in [0.05, 0.1) is 11.6 Å². The number of carbonyl (C=O) groups is 1. The van der Waals surface area contributed by atoms with Crippen LogP contribution in [-0.4, -0.2) is 20.9 Å². The summed E-state index contributed by atoms with van der Waals surface area (Å²) in [7, 11) is 1.62. The van der Waals surface area contributed by atoms with E-state index in [1.165, 1.54) is 4.68 Å². The number of rotatable bonds is 3. The molecule has 0 radical (unpaired) electrons. The highest BCUT2D eigenvalue weighted by Crippen LogP contribution is 2.17. The minimum absolute atomic E-state index is 0.212. The van der Waals surface area contributed by atoms with Crippen molar-refractivity contribution < 1.29 is 9.90 Å². The van der Waals surface area contributed by atoms with Crippen LogP contribution in [0.25, 0.3) is 0 Å². The van der Waals surface area contributed by atoms with Crippen molar-refractivity contribution in [2.75, 3.05) is 5.73 Å². The number of nitrogens with zero attached hydrogens (tertiary/aromatic N) is 3. The van der Waals surface area contributed by atoms with Crippen LogP contribution in [0.4, 0.5) is 5.82 Å². The second-order valence-corrected chi connectivity index (χ2v) is 3.39. The van der Waals surface area contributed by atoms with Crippen LogP contribution < -0.4 is 5.73 Å². The molecular weight excluding hydrogens is 196 g/mol. The zero-order chi connectivity index (χ0) is 11.6. The first kappa shape index (κ1) is 11.0. The van der Waals surface area contributed by atoms with Crippen molar-refractivity contribution in [3.8, 4) is 6.07 Å². The third-order valence-electron chi connectivity index (χ3n) is 2.20. The van der Waals surface area contributed by atoms with Crippen molar-refractivity contribution in [3.05, 3.63) is 11.3 Å². The summed E-state index contributed by atoms with van der Waals surface area (Å²) in [6.45, 7) is 1.56. The van der Waals surface area contributed by atoms with Crippen molar-refractivity contribution in [2.24, 2.45) is 13.0 Å². The number of aromatic nitrogens is 2. The van der Waals surface area contributed by atoms with Crippen LogP contribution in [-0.2, 0) is 18.3 Å². The van der Waals surface area contributed by atoms with Gasteiger partial charge in [-0.3, -0.25) is 9.48 Å². The van der Waals surface area contributed by atoms with Crippen LogP contribution in [0.5, 0.6) is 0 Å². The number of hydrogen-bond donors (Lipinski definition) is 2. The summed E-state index contributed by atoms with van der Waals surface area (Å²) in [6.07, 6.45) is 0.212. The predicted molar refractivity (Wildman–Crippen MR) is 52.8 cm³/mol. The summed E-state index contributed by atoms with van der Waals surface area (Å²) < 4.78 is 1.38. The van der Waals surface area contributed by atoms with Gasteiger partial charge in [-0.15, -0.1) is 0 Å². The van der Waals surface area contributed by atoms with Crippen LogP contribution in [0.3, 0.4) is 0 Å². The highest BCUT2D eigenvalue weighted by atomic mass is 16.4. The smallest absolute Gasteiger partial charge is 0.306 e. The first-order valence-electron chi connectivity index (χ1n) is 4.41. The van der Waals surface area contributed by atoms with Gasteiger partial charge in [-0.05, 0) is 0 Å². The Morgan fingerprint density at radius 3 is 2.87 bits per heavy atom. The topological polar surface area (TPSA) is 105 Å². The van der Waals surface area contributed by atoms with Crippen LogP contribution in [0.15, 0.2) is 0 Å². The standard InChI is InChI=1S/C9H12N4O2/c1-5(9(14)15)3-7-6(4-10)8(11)13(2)12-7/h5H,3,11H2,1-2H3,(H,14,15). The summed E-state index contributed by atoms with van der Waals surface area (Å²) in [5, 5.41) is 21.6. The molecular formula is C9H12N4O2. The second kappa shape index (κ2) is 4.00. The Morgan fingerprint density at radius 1 is 1.80 bits per heavy atom. The Kier molecular flexibility index (Phi) is 2.95. The minimum atomic E-state index is -0.914. The molecule has 1 atom stereocenters. The molecule has 1 aromatic rings. The molecule has 15 heavy (non-hydrogen) atoms. The van der Waals surface area contributed by atoms with E-state index in [4.69, 9.17) is 16.1 Å². The van der Waals surface area contributed by atoms with Crippen molar-refractivity contribution in [1.29, 1.82) is 5.26 Å². The van der Waals surface area contributed by atoms with Gasteiger partial charge in [0.25, 0.3) is 0 Å². The molecule has 0 bridgehead atoms. The zero-order valence-electron chi connectivity index (χ0n) is 8.56. The summed E-state index contributed by atoms with van der Waals surface area (Å²) in [6, 6.07) is 1.93. The van der Waals surface area contributed by atoms with E-state index in [-0.39, 0.29) is 17.8 Å². The summed E-state index contributed by atoms with van der Waals surface area (Å²) in [5.74, 6) is -1.22. The van der Waals surface area contributed by atoms with Gasteiger partial charge in [0.1, 0.15) is 17.5 Å². The lowest BCUT2D eigenvalue weighted by Gasteiger charge is -2.02. The van der Waals surface area contributed by atoms with E-state index in [9.17, 15) is 4.79 Å². The maximum atomic E-state index is 10.6. The first-order valence-corrected chi connectivity index (χ1v) is 4.41. The molecule has 6 heteroatoms. The predicted octanol–water partition coefficient (Wildman–Crippen LogP) is 0.137. The van der Waals surface area contributed by atoms with Gasteiger partial charge in [-0.1, -0.05) is 6.92 Å². The van der Waals surface area contributed by atoms with Crippen molar-refractivity contribution in [2.45, 2.75) is 13.3 Å². The molecule has 1 unspecified atom stereocenters. The number of nitrogens with two attached hydrogens (primary N) is 1. The van der Waals surface area contributed by atoms with Crippen molar-refractivity contribution >= 4 is 11.8 Å². The molecule has 1 rings (SSSR count). The Bertz CT molecular complexity index is 430. The lowest BCUT2D eigenvalue weighted by molar-refractivity contribution is -0.141. The molecule has 0 aliphatic rings. The molecule has 0 saturated carbocycles. The van der Waals surface area contributed by atoms with E-state index >= 15 is 0 Å². The lowest BCUT2D eigenvalue weighted by Crippen LogP contribution is -2.13.